The van der Waals surface area contributed by atoms with Crippen LogP contribution < -0.4 is 5.32 Å². The van der Waals surface area contributed by atoms with E-state index in [9.17, 15) is 22.8 Å². The third-order valence-corrected chi connectivity index (χ3v) is 7.96. The standard InChI is InChI=1S/C24H21BrF3N3O3S2/c1-2-34-22(33)20-15-5-3-4-6-17(15)36-21(20)31-19(32)12-35-23-29-16(11-18(30-23)24(26,27)28)13-7-9-14(25)10-8-13/h7-11H,2-6,12H2,1H3,(H,31,32). The van der Waals surface area contributed by atoms with Gasteiger partial charge in [0.2, 0.25) is 5.91 Å². The van der Waals surface area contributed by atoms with Crippen LogP contribution in [0, 0.1) is 0 Å². The Morgan fingerprint density at radius 3 is 2.58 bits per heavy atom. The molecule has 1 aliphatic carbocycles. The second-order valence-corrected chi connectivity index (χ2v) is 10.9. The van der Waals surface area contributed by atoms with E-state index in [0.717, 1.165) is 58.4 Å². The Labute approximate surface area is 222 Å². The quantitative estimate of drug-likeness (QED) is 0.183. The molecule has 36 heavy (non-hydrogen) atoms. The minimum absolute atomic E-state index is 0.100. The number of aryl methyl sites for hydroxylation is 1. The minimum atomic E-state index is -4.67. The van der Waals surface area contributed by atoms with Crippen LogP contribution in [0.1, 0.15) is 46.3 Å². The molecule has 1 aromatic carbocycles. The highest BCUT2D eigenvalue weighted by Crippen LogP contribution is 2.39. The van der Waals surface area contributed by atoms with Gasteiger partial charge in [0.15, 0.2) is 5.16 Å². The van der Waals surface area contributed by atoms with Crippen LogP contribution in [0.5, 0.6) is 0 Å². The Morgan fingerprint density at radius 1 is 1.17 bits per heavy atom. The van der Waals surface area contributed by atoms with Crippen molar-refractivity contribution in [2.75, 3.05) is 17.7 Å². The smallest absolute Gasteiger partial charge is 0.433 e. The van der Waals surface area contributed by atoms with E-state index >= 15 is 0 Å². The van der Waals surface area contributed by atoms with E-state index in [0.29, 0.717) is 16.1 Å². The molecule has 0 unspecified atom stereocenters. The molecule has 1 aliphatic rings. The van der Waals surface area contributed by atoms with E-state index in [1.54, 1.807) is 31.2 Å². The van der Waals surface area contributed by atoms with Crippen LogP contribution in [-0.4, -0.2) is 34.2 Å². The van der Waals surface area contributed by atoms with Crippen LogP contribution in [0.3, 0.4) is 0 Å². The Kier molecular flexibility index (Phi) is 8.36. The highest BCUT2D eigenvalue weighted by atomic mass is 79.9. The molecule has 0 radical (unpaired) electrons. The fourth-order valence-corrected chi connectivity index (χ4v) is 5.99. The molecule has 1 amide bonds. The van der Waals surface area contributed by atoms with Crippen LogP contribution in [0.15, 0.2) is 40.0 Å². The Balaban J connectivity index is 1.54. The molecule has 0 spiro atoms. The topological polar surface area (TPSA) is 81.2 Å². The predicted octanol–water partition coefficient (Wildman–Crippen LogP) is 6.77. The number of hydrogen-bond donors (Lipinski definition) is 1. The summed E-state index contributed by atoms with van der Waals surface area (Å²) in [6.45, 7) is 1.92. The zero-order chi connectivity index (χ0) is 25.9. The van der Waals surface area contributed by atoms with Crippen LogP contribution >= 0.6 is 39.0 Å². The first kappa shape index (κ1) is 26.6. The van der Waals surface area contributed by atoms with E-state index < -0.39 is 23.7 Å². The number of hydrogen-bond acceptors (Lipinski definition) is 7. The number of aromatic nitrogens is 2. The number of carbonyl (C=O) groups excluding carboxylic acids is 2. The molecule has 6 nitrogen and oxygen atoms in total. The van der Waals surface area contributed by atoms with Gasteiger partial charge in [0.25, 0.3) is 0 Å². The van der Waals surface area contributed by atoms with Crippen molar-refractivity contribution >= 4 is 55.9 Å². The first-order valence-corrected chi connectivity index (χ1v) is 13.7. The highest BCUT2D eigenvalue weighted by molar-refractivity contribution is 9.10. The number of thiophene rings is 1. The van der Waals surface area contributed by atoms with Gasteiger partial charge in [0.05, 0.1) is 23.6 Å². The van der Waals surface area contributed by atoms with Gasteiger partial charge >= 0.3 is 12.1 Å². The summed E-state index contributed by atoms with van der Waals surface area (Å²) in [5.41, 5.74) is 0.786. The van der Waals surface area contributed by atoms with Gasteiger partial charge in [-0.3, -0.25) is 4.79 Å². The maximum atomic E-state index is 13.5. The second kappa shape index (κ2) is 11.3. The number of halogens is 4. The van der Waals surface area contributed by atoms with Crippen molar-refractivity contribution < 1.29 is 27.5 Å². The molecule has 2 heterocycles. The zero-order valence-electron chi connectivity index (χ0n) is 19.1. The number of anilines is 1. The van der Waals surface area contributed by atoms with Crippen LogP contribution in [0.4, 0.5) is 18.2 Å². The third-order valence-electron chi connectivity index (χ3n) is 5.37. The van der Waals surface area contributed by atoms with E-state index in [1.807, 2.05) is 0 Å². The van der Waals surface area contributed by atoms with Crippen LogP contribution in [0.2, 0.25) is 0 Å². The van der Waals surface area contributed by atoms with Crippen molar-refractivity contribution in [3.63, 3.8) is 0 Å². The van der Waals surface area contributed by atoms with Crippen molar-refractivity contribution in [2.24, 2.45) is 0 Å². The zero-order valence-corrected chi connectivity index (χ0v) is 22.3. The molecule has 190 valence electrons. The summed E-state index contributed by atoms with van der Waals surface area (Å²) in [6.07, 6.45) is -1.15. The fraction of sp³-hybridized carbons (Fsp3) is 0.333. The normalized spacial score (nSPS) is 13.2. The number of alkyl halides is 3. The lowest BCUT2D eigenvalue weighted by Crippen LogP contribution is -2.17. The highest BCUT2D eigenvalue weighted by Gasteiger charge is 2.34. The van der Waals surface area contributed by atoms with Crippen molar-refractivity contribution in [3.8, 4) is 11.3 Å². The van der Waals surface area contributed by atoms with Gasteiger partial charge in [-0.2, -0.15) is 13.2 Å². The summed E-state index contributed by atoms with van der Waals surface area (Å²) in [5.74, 6) is -1.19. The Morgan fingerprint density at radius 2 is 1.89 bits per heavy atom. The average molecular weight is 600 g/mol. The van der Waals surface area contributed by atoms with Gasteiger partial charge in [-0.25, -0.2) is 14.8 Å². The lowest BCUT2D eigenvalue weighted by molar-refractivity contribution is -0.141. The average Bonchev–Trinajstić information content (AvgIpc) is 3.20. The molecule has 0 saturated carbocycles. The van der Waals surface area contributed by atoms with E-state index in [4.69, 9.17) is 4.74 Å². The lowest BCUT2D eigenvalue weighted by atomic mass is 9.95. The molecular weight excluding hydrogens is 579 g/mol. The number of benzene rings is 1. The van der Waals surface area contributed by atoms with E-state index in [2.05, 4.69) is 31.2 Å². The molecule has 0 fully saturated rings. The number of esters is 1. The van der Waals surface area contributed by atoms with E-state index in [1.165, 1.54) is 11.3 Å². The molecule has 12 heteroatoms. The van der Waals surface area contributed by atoms with Gasteiger partial charge < -0.3 is 10.1 Å². The Bertz CT molecular complexity index is 1280. The van der Waals surface area contributed by atoms with Crippen molar-refractivity contribution in [1.82, 2.24) is 9.97 Å². The van der Waals surface area contributed by atoms with Crippen molar-refractivity contribution in [3.05, 3.63) is 56.5 Å². The second-order valence-electron chi connectivity index (χ2n) is 7.90. The summed E-state index contributed by atoms with van der Waals surface area (Å²) in [4.78, 5) is 34.2. The fourth-order valence-electron chi connectivity index (χ4n) is 3.77. The maximum absolute atomic E-state index is 13.5. The summed E-state index contributed by atoms with van der Waals surface area (Å²) < 4.78 is 46.4. The van der Waals surface area contributed by atoms with Gasteiger partial charge in [-0.1, -0.05) is 39.8 Å². The first-order chi connectivity index (χ1) is 17.2. The van der Waals surface area contributed by atoms with Gasteiger partial charge in [0.1, 0.15) is 10.7 Å². The number of amides is 1. The number of nitrogens with zero attached hydrogens (tertiary/aromatic N) is 2. The Hall–Kier alpha value is -2.44. The molecule has 0 atom stereocenters. The summed E-state index contributed by atoms with van der Waals surface area (Å²) in [6, 6.07) is 7.57. The summed E-state index contributed by atoms with van der Waals surface area (Å²) in [7, 11) is 0. The molecule has 1 N–H and O–H groups in total. The summed E-state index contributed by atoms with van der Waals surface area (Å²) >= 11 is 5.44. The number of ether oxygens (including phenoxy) is 1. The molecule has 0 aliphatic heterocycles. The molecule has 0 saturated heterocycles. The van der Waals surface area contributed by atoms with Gasteiger partial charge in [-0.05, 0) is 56.4 Å². The molecule has 4 rings (SSSR count). The molecular formula is C24H21BrF3N3O3S2. The molecule has 2 aromatic heterocycles. The largest absolute Gasteiger partial charge is 0.462 e. The minimum Gasteiger partial charge on any atom is -0.462 e. The van der Waals surface area contributed by atoms with Crippen LogP contribution in [-0.2, 0) is 28.5 Å². The van der Waals surface area contributed by atoms with Crippen LogP contribution in [0.25, 0.3) is 11.3 Å². The number of fused-ring (bicyclic) bond motifs is 1. The van der Waals surface area contributed by atoms with Gasteiger partial charge in [0, 0.05) is 14.9 Å². The van der Waals surface area contributed by atoms with Gasteiger partial charge in [-0.15, -0.1) is 11.3 Å². The monoisotopic (exact) mass is 599 g/mol. The third kappa shape index (κ3) is 6.27. The van der Waals surface area contributed by atoms with Crippen molar-refractivity contribution in [2.45, 2.75) is 43.9 Å². The maximum Gasteiger partial charge on any atom is 0.433 e. The number of nitrogens with one attached hydrogen (secondary N) is 1. The first-order valence-electron chi connectivity index (χ1n) is 11.1. The van der Waals surface area contributed by atoms with E-state index in [-0.39, 0.29) is 23.2 Å². The molecule has 3 aromatic rings. The van der Waals surface area contributed by atoms with Crippen molar-refractivity contribution in [1.29, 1.82) is 0 Å². The predicted molar refractivity (Wildman–Crippen MR) is 136 cm³/mol. The SMILES string of the molecule is CCOC(=O)c1c(NC(=O)CSc2nc(-c3ccc(Br)cc3)cc(C(F)(F)F)n2)sc2c1CCCC2. The number of carbonyl (C=O) groups is 2. The number of thioether (sulfide) groups is 1. The lowest BCUT2D eigenvalue weighted by Gasteiger charge is -2.12. The summed E-state index contributed by atoms with van der Waals surface area (Å²) in [5, 5.41) is 2.99. The molecule has 0 bridgehead atoms. The number of rotatable bonds is 7.